The van der Waals surface area contributed by atoms with E-state index in [0.29, 0.717) is 12.3 Å². The molecule has 0 amide bonds. The summed E-state index contributed by atoms with van der Waals surface area (Å²) in [6, 6.07) is -1.31. The lowest BCUT2D eigenvalue weighted by atomic mass is 10.0. The SMILES string of the molecule is CSN(C)[C@H](CCCC(C)C)C(F)(F)F. The normalized spacial score (nSPS) is 15.0. The van der Waals surface area contributed by atoms with E-state index in [1.165, 1.54) is 11.4 Å². The molecule has 0 aromatic carbocycles. The van der Waals surface area contributed by atoms with E-state index in [9.17, 15) is 13.2 Å². The van der Waals surface area contributed by atoms with Crippen molar-refractivity contribution in [1.82, 2.24) is 4.31 Å². The largest absolute Gasteiger partial charge is 0.404 e. The standard InChI is InChI=1S/C10H20F3NS/c1-8(2)6-5-7-9(10(11,12)13)14(3)15-4/h8-9H,5-7H2,1-4H3/t9-/m1/s1. The van der Waals surface area contributed by atoms with Crippen LogP contribution in [0, 0.1) is 5.92 Å². The molecular weight excluding hydrogens is 223 g/mol. The van der Waals surface area contributed by atoms with Crippen LogP contribution in [0.1, 0.15) is 33.1 Å². The summed E-state index contributed by atoms with van der Waals surface area (Å²) < 4.78 is 39.2. The van der Waals surface area contributed by atoms with Crippen molar-refractivity contribution in [3.63, 3.8) is 0 Å². The molecule has 0 saturated heterocycles. The fraction of sp³-hybridized carbons (Fsp3) is 1.00. The van der Waals surface area contributed by atoms with Gasteiger partial charge in [0.05, 0.1) is 0 Å². The number of nitrogens with zero attached hydrogens (tertiary/aromatic N) is 1. The zero-order valence-corrected chi connectivity index (χ0v) is 10.6. The van der Waals surface area contributed by atoms with E-state index in [1.54, 1.807) is 6.26 Å². The highest BCUT2D eigenvalue weighted by Crippen LogP contribution is 2.30. The predicted octanol–water partition coefficient (Wildman–Crippen LogP) is 3.95. The van der Waals surface area contributed by atoms with E-state index in [4.69, 9.17) is 0 Å². The first-order chi connectivity index (χ1) is 6.79. The molecule has 1 nitrogen and oxygen atoms in total. The molecule has 15 heavy (non-hydrogen) atoms. The third-order valence-corrected chi connectivity index (χ3v) is 3.19. The van der Waals surface area contributed by atoms with E-state index in [0.717, 1.165) is 18.4 Å². The van der Waals surface area contributed by atoms with Gasteiger partial charge in [0, 0.05) is 0 Å². The quantitative estimate of drug-likeness (QED) is 0.650. The van der Waals surface area contributed by atoms with Crippen molar-refractivity contribution in [2.75, 3.05) is 13.3 Å². The van der Waals surface area contributed by atoms with Gasteiger partial charge in [-0.1, -0.05) is 38.6 Å². The number of alkyl halides is 3. The first-order valence-electron chi connectivity index (χ1n) is 5.12. The van der Waals surface area contributed by atoms with Crippen LogP contribution in [-0.2, 0) is 0 Å². The fourth-order valence-electron chi connectivity index (χ4n) is 1.40. The Kier molecular flexibility index (Phi) is 6.68. The maximum Gasteiger partial charge on any atom is 0.404 e. The van der Waals surface area contributed by atoms with Crippen LogP contribution in [0.15, 0.2) is 0 Å². The van der Waals surface area contributed by atoms with Crippen molar-refractivity contribution >= 4 is 11.9 Å². The van der Waals surface area contributed by atoms with Crippen LogP contribution in [0.2, 0.25) is 0 Å². The van der Waals surface area contributed by atoms with E-state index in [1.807, 2.05) is 13.8 Å². The Morgan fingerprint density at radius 3 is 2.07 bits per heavy atom. The first-order valence-corrected chi connectivity index (χ1v) is 6.30. The van der Waals surface area contributed by atoms with Gasteiger partial charge < -0.3 is 0 Å². The Labute approximate surface area is 94.5 Å². The Balaban J connectivity index is 4.15. The smallest absolute Gasteiger partial charge is 0.242 e. The van der Waals surface area contributed by atoms with Crippen molar-refractivity contribution in [3.8, 4) is 0 Å². The van der Waals surface area contributed by atoms with E-state index in [-0.39, 0.29) is 6.42 Å². The van der Waals surface area contributed by atoms with Crippen LogP contribution >= 0.6 is 11.9 Å². The summed E-state index contributed by atoms with van der Waals surface area (Å²) in [7, 11) is 1.50. The Morgan fingerprint density at radius 2 is 1.73 bits per heavy atom. The Morgan fingerprint density at radius 1 is 1.20 bits per heavy atom. The molecule has 0 radical (unpaired) electrons. The van der Waals surface area contributed by atoms with Crippen LogP contribution in [-0.4, -0.2) is 29.8 Å². The minimum absolute atomic E-state index is 0.193. The van der Waals surface area contributed by atoms with E-state index >= 15 is 0 Å². The van der Waals surface area contributed by atoms with Gasteiger partial charge in [-0.2, -0.15) is 13.2 Å². The molecule has 0 N–H and O–H groups in total. The molecule has 1 atom stereocenters. The number of halogens is 3. The summed E-state index contributed by atoms with van der Waals surface area (Å²) in [4.78, 5) is 0. The summed E-state index contributed by atoms with van der Waals surface area (Å²) in [6.45, 7) is 4.06. The average molecular weight is 243 g/mol. The highest BCUT2D eigenvalue weighted by atomic mass is 32.2. The molecule has 0 aliphatic heterocycles. The Bertz CT molecular complexity index is 171. The zero-order chi connectivity index (χ0) is 12.1. The minimum Gasteiger partial charge on any atom is -0.242 e. The van der Waals surface area contributed by atoms with Crippen molar-refractivity contribution in [2.45, 2.75) is 45.3 Å². The molecule has 0 spiro atoms. The second kappa shape index (κ2) is 6.63. The van der Waals surface area contributed by atoms with Crippen LogP contribution in [0.4, 0.5) is 13.2 Å². The molecular formula is C10H20F3NS. The van der Waals surface area contributed by atoms with Gasteiger partial charge in [-0.05, 0) is 25.6 Å². The van der Waals surface area contributed by atoms with Gasteiger partial charge >= 0.3 is 6.18 Å². The van der Waals surface area contributed by atoms with Crippen LogP contribution < -0.4 is 0 Å². The molecule has 92 valence electrons. The van der Waals surface area contributed by atoms with Crippen LogP contribution in [0.25, 0.3) is 0 Å². The molecule has 0 rings (SSSR count). The molecule has 0 unspecified atom stereocenters. The minimum atomic E-state index is -4.12. The second-order valence-electron chi connectivity index (χ2n) is 4.11. The van der Waals surface area contributed by atoms with Gasteiger partial charge in [0.1, 0.15) is 6.04 Å². The fourth-order valence-corrected chi connectivity index (χ4v) is 1.88. The third kappa shape index (κ3) is 6.30. The predicted molar refractivity (Wildman–Crippen MR) is 59.8 cm³/mol. The highest BCUT2D eigenvalue weighted by Gasteiger charge is 2.41. The van der Waals surface area contributed by atoms with Crippen molar-refractivity contribution in [1.29, 1.82) is 0 Å². The van der Waals surface area contributed by atoms with Crippen LogP contribution in [0.3, 0.4) is 0 Å². The zero-order valence-electron chi connectivity index (χ0n) is 9.77. The summed E-state index contributed by atoms with van der Waals surface area (Å²) in [5, 5.41) is 0. The number of rotatable bonds is 6. The molecule has 0 saturated carbocycles. The van der Waals surface area contributed by atoms with E-state index in [2.05, 4.69) is 0 Å². The lowest BCUT2D eigenvalue weighted by Gasteiger charge is -2.28. The number of hydrogen-bond donors (Lipinski definition) is 0. The average Bonchev–Trinajstić information content (AvgIpc) is 2.09. The van der Waals surface area contributed by atoms with Gasteiger partial charge in [0.15, 0.2) is 0 Å². The summed E-state index contributed by atoms with van der Waals surface area (Å²) in [6.07, 6.45) is -0.767. The monoisotopic (exact) mass is 243 g/mol. The topological polar surface area (TPSA) is 3.24 Å². The molecule has 0 aliphatic rings. The van der Waals surface area contributed by atoms with Crippen molar-refractivity contribution in [3.05, 3.63) is 0 Å². The highest BCUT2D eigenvalue weighted by molar-refractivity contribution is 7.96. The number of hydrogen-bond acceptors (Lipinski definition) is 2. The molecule has 0 aliphatic carbocycles. The van der Waals surface area contributed by atoms with Gasteiger partial charge in [0.25, 0.3) is 0 Å². The summed E-state index contributed by atoms with van der Waals surface area (Å²) in [5.74, 6) is 0.471. The first kappa shape index (κ1) is 15.1. The molecule has 0 heterocycles. The maximum absolute atomic E-state index is 12.6. The van der Waals surface area contributed by atoms with Gasteiger partial charge in [-0.25, -0.2) is 4.31 Å². The molecule has 5 heteroatoms. The van der Waals surface area contributed by atoms with Gasteiger partial charge in [0.2, 0.25) is 0 Å². The Hall–Kier alpha value is 0.100. The van der Waals surface area contributed by atoms with Crippen molar-refractivity contribution in [2.24, 2.45) is 5.92 Å². The lowest BCUT2D eigenvalue weighted by molar-refractivity contribution is -0.169. The molecule has 0 aromatic rings. The maximum atomic E-state index is 12.6. The van der Waals surface area contributed by atoms with Gasteiger partial charge in [-0.3, -0.25) is 0 Å². The molecule has 0 fully saturated rings. The second-order valence-corrected chi connectivity index (χ2v) is 5.05. The third-order valence-electron chi connectivity index (χ3n) is 2.36. The van der Waals surface area contributed by atoms with Gasteiger partial charge in [-0.15, -0.1) is 0 Å². The van der Waals surface area contributed by atoms with Crippen LogP contribution in [0.5, 0.6) is 0 Å². The van der Waals surface area contributed by atoms with E-state index < -0.39 is 12.2 Å². The molecule has 0 bridgehead atoms. The molecule has 0 aromatic heterocycles. The summed E-state index contributed by atoms with van der Waals surface area (Å²) in [5.41, 5.74) is 0. The summed E-state index contributed by atoms with van der Waals surface area (Å²) >= 11 is 1.13. The van der Waals surface area contributed by atoms with Crippen molar-refractivity contribution < 1.29 is 13.2 Å². The lowest BCUT2D eigenvalue weighted by Crippen LogP contribution is -2.39.